The molecule has 0 fully saturated rings. The van der Waals surface area contributed by atoms with Crippen molar-refractivity contribution in [3.63, 3.8) is 0 Å². The molecule has 0 bridgehead atoms. The van der Waals surface area contributed by atoms with E-state index >= 15 is 0 Å². The molecule has 0 saturated heterocycles. The average Bonchev–Trinajstić information content (AvgIpc) is 2.18. The zero-order chi connectivity index (χ0) is 9.97. The molecule has 1 aromatic carbocycles. The molecule has 14 heavy (non-hydrogen) atoms. The summed E-state index contributed by atoms with van der Waals surface area (Å²) < 4.78 is 11.4. The predicted molar refractivity (Wildman–Crippen MR) is 61.2 cm³/mol. The van der Waals surface area contributed by atoms with Gasteiger partial charge in [0.05, 0.1) is 5.52 Å². The van der Waals surface area contributed by atoms with Crippen LogP contribution in [0.4, 0.5) is 0 Å². The van der Waals surface area contributed by atoms with Crippen LogP contribution in [0.25, 0.3) is 10.9 Å². The predicted octanol–water partition coefficient (Wildman–Crippen LogP) is 2.93. The fourth-order valence-corrected chi connectivity index (χ4v) is 2.09. The highest BCUT2D eigenvalue weighted by Crippen LogP contribution is 2.22. The Morgan fingerprint density at radius 2 is 2.29 bits per heavy atom. The van der Waals surface area contributed by atoms with Crippen molar-refractivity contribution >= 4 is 38.5 Å². The Hall–Kier alpha value is -0.870. The molecule has 0 aliphatic rings. The summed E-state index contributed by atoms with van der Waals surface area (Å²) in [5, 5.41) is 1.06. The van der Waals surface area contributed by atoms with Gasteiger partial charge in [0.1, 0.15) is 0 Å². The van der Waals surface area contributed by atoms with Crippen molar-refractivity contribution < 1.29 is 4.21 Å². The van der Waals surface area contributed by atoms with E-state index < -0.39 is 0 Å². The summed E-state index contributed by atoms with van der Waals surface area (Å²) in [7, 11) is 0. The van der Waals surface area contributed by atoms with Crippen molar-refractivity contribution in [1.82, 2.24) is 4.98 Å². The van der Waals surface area contributed by atoms with Gasteiger partial charge in [-0.3, -0.25) is 4.98 Å². The van der Waals surface area contributed by atoms with Gasteiger partial charge >= 0.3 is 11.7 Å². The van der Waals surface area contributed by atoms with E-state index in [9.17, 15) is 4.21 Å². The Bertz CT molecular complexity index is 487. The quantitative estimate of drug-likeness (QED) is 0.784. The third-order valence-electron chi connectivity index (χ3n) is 1.94. The molecule has 0 amide bonds. The maximum atomic E-state index is 10.4. The first kappa shape index (κ1) is 9.68. The summed E-state index contributed by atoms with van der Waals surface area (Å²) >= 11 is 4.00. The molecule has 4 heteroatoms. The molecule has 1 aromatic heterocycles. The number of pyridine rings is 1. The van der Waals surface area contributed by atoms with Crippen LogP contribution in [0.1, 0.15) is 5.56 Å². The highest BCUT2D eigenvalue weighted by atomic mass is 79.9. The number of hydrogen-bond acceptors (Lipinski definition) is 2. The first-order chi connectivity index (χ1) is 6.81. The first-order valence-electron chi connectivity index (χ1n) is 4.09. The monoisotopic (exact) mass is 268 g/mol. The van der Waals surface area contributed by atoms with Crippen LogP contribution < -0.4 is 0 Å². The number of aromatic nitrogens is 1. The molecule has 0 spiro atoms. The van der Waals surface area contributed by atoms with E-state index in [1.165, 1.54) is 0 Å². The van der Waals surface area contributed by atoms with E-state index in [-0.39, 0.29) is 0 Å². The maximum absolute atomic E-state index is 10.4. The summed E-state index contributed by atoms with van der Waals surface area (Å²) in [4.78, 5) is 4.30. The van der Waals surface area contributed by atoms with E-state index in [1.807, 2.05) is 24.3 Å². The van der Waals surface area contributed by atoms with Gasteiger partial charge in [-0.05, 0) is 28.1 Å². The van der Waals surface area contributed by atoms with Gasteiger partial charge in [0.15, 0.2) is 0 Å². The molecule has 0 N–H and O–H groups in total. The number of rotatable bonds is 2. The number of halogens is 1. The van der Waals surface area contributed by atoms with Crippen molar-refractivity contribution in [1.29, 1.82) is 0 Å². The van der Waals surface area contributed by atoms with E-state index in [1.54, 1.807) is 6.20 Å². The molecule has 0 saturated carbocycles. The molecule has 0 radical (unpaired) electrons. The molecule has 2 nitrogen and oxygen atoms in total. The van der Waals surface area contributed by atoms with Crippen molar-refractivity contribution in [3.05, 3.63) is 40.5 Å². The van der Waals surface area contributed by atoms with Gasteiger partial charge < -0.3 is 0 Å². The lowest BCUT2D eigenvalue weighted by atomic mass is 10.2. The number of hydrogen-bond donors (Lipinski definition) is 0. The Morgan fingerprint density at radius 3 is 3.07 bits per heavy atom. The first-order valence-corrected chi connectivity index (χ1v) is 5.79. The van der Waals surface area contributed by atoms with Gasteiger partial charge in [0, 0.05) is 25.8 Å². The van der Waals surface area contributed by atoms with Crippen LogP contribution in [-0.4, -0.2) is 4.98 Å². The lowest BCUT2D eigenvalue weighted by Gasteiger charge is -1.99. The second-order valence-electron chi connectivity index (χ2n) is 2.92. The lowest BCUT2D eigenvalue weighted by molar-refractivity contribution is 0.604. The SMILES string of the molecule is O=[S+]Cc1cnc2c(Br)cccc2c1. The normalized spacial score (nSPS) is 10.4. The maximum Gasteiger partial charge on any atom is 0.463 e. The van der Waals surface area contributed by atoms with Crippen LogP contribution in [0.15, 0.2) is 34.9 Å². The van der Waals surface area contributed by atoms with Crippen LogP contribution in [0.5, 0.6) is 0 Å². The molecule has 0 aliphatic carbocycles. The van der Waals surface area contributed by atoms with Crippen LogP contribution >= 0.6 is 15.9 Å². The number of nitrogens with zero attached hydrogens (tertiary/aromatic N) is 1. The molecule has 0 atom stereocenters. The van der Waals surface area contributed by atoms with Crippen molar-refractivity contribution in [3.8, 4) is 0 Å². The third-order valence-corrected chi connectivity index (χ3v) is 3.04. The van der Waals surface area contributed by atoms with Crippen molar-refractivity contribution in [2.45, 2.75) is 5.75 Å². The summed E-state index contributed by atoms with van der Waals surface area (Å²) in [5.41, 5.74) is 1.91. The van der Waals surface area contributed by atoms with Crippen LogP contribution in [-0.2, 0) is 21.6 Å². The van der Waals surface area contributed by atoms with Gasteiger partial charge in [0.25, 0.3) is 5.75 Å². The minimum absolute atomic E-state index is 0.468. The van der Waals surface area contributed by atoms with Gasteiger partial charge in [-0.1, -0.05) is 12.1 Å². The fourth-order valence-electron chi connectivity index (χ4n) is 1.32. The second kappa shape index (κ2) is 4.11. The molecular weight excluding hydrogens is 262 g/mol. The van der Waals surface area contributed by atoms with E-state index in [2.05, 4.69) is 20.9 Å². The summed E-state index contributed by atoms with van der Waals surface area (Å²) in [6.07, 6.45) is 1.75. The van der Waals surface area contributed by atoms with E-state index in [4.69, 9.17) is 0 Å². The van der Waals surface area contributed by atoms with Crippen molar-refractivity contribution in [2.75, 3.05) is 0 Å². The molecule has 1 heterocycles. The smallest absolute Gasteiger partial charge is 0.255 e. The molecule has 70 valence electrons. The minimum Gasteiger partial charge on any atom is -0.255 e. The molecule has 2 rings (SSSR count). The van der Waals surface area contributed by atoms with Gasteiger partial charge in [-0.25, -0.2) is 0 Å². The van der Waals surface area contributed by atoms with Crippen molar-refractivity contribution in [2.24, 2.45) is 0 Å². The third kappa shape index (κ3) is 1.81. The van der Waals surface area contributed by atoms with Gasteiger partial charge in [-0.15, -0.1) is 0 Å². The average molecular weight is 269 g/mol. The summed E-state index contributed by atoms with van der Waals surface area (Å²) in [6.45, 7) is 0. The summed E-state index contributed by atoms with van der Waals surface area (Å²) in [5.74, 6) is 0.468. The van der Waals surface area contributed by atoms with E-state index in [0.717, 1.165) is 20.9 Å². The zero-order valence-electron chi connectivity index (χ0n) is 7.24. The molecule has 0 unspecified atom stereocenters. The fraction of sp³-hybridized carbons (Fsp3) is 0.100. The molecule has 2 aromatic rings. The molecule has 0 aliphatic heterocycles. The zero-order valence-corrected chi connectivity index (χ0v) is 9.64. The second-order valence-corrected chi connectivity index (χ2v) is 4.30. The Morgan fingerprint density at radius 1 is 1.43 bits per heavy atom. The highest BCUT2D eigenvalue weighted by molar-refractivity contribution is 9.10. The van der Waals surface area contributed by atoms with Crippen LogP contribution in [0, 0.1) is 0 Å². The van der Waals surface area contributed by atoms with E-state index in [0.29, 0.717) is 17.4 Å². The number of fused-ring (bicyclic) bond motifs is 1. The van der Waals surface area contributed by atoms with Gasteiger partial charge in [-0.2, -0.15) is 0 Å². The lowest BCUT2D eigenvalue weighted by Crippen LogP contribution is -1.86. The van der Waals surface area contributed by atoms with Crippen LogP contribution in [0.3, 0.4) is 0 Å². The minimum atomic E-state index is 0.468. The number of para-hydroxylation sites is 1. The van der Waals surface area contributed by atoms with Crippen LogP contribution in [0.2, 0.25) is 0 Å². The largest absolute Gasteiger partial charge is 0.463 e. The topological polar surface area (TPSA) is 30.0 Å². The summed E-state index contributed by atoms with van der Waals surface area (Å²) in [6, 6.07) is 7.91. The standard InChI is InChI=1S/C10H7BrNOS/c11-9-3-1-2-8-4-7(6-14-13)5-12-10(8)9/h1-5H,6H2/q+1. The highest BCUT2D eigenvalue weighted by Gasteiger charge is 2.05. The van der Waals surface area contributed by atoms with Gasteiger partial charge in [0.2, 0.25) is 0 Å². The molecular formula is C10H7BrNOS+. The Balaban J connectivity index is 2.61. The Labute approximate surface area is 94.0 Å². The Kier molecular flexibility index (Phi) is 2.84. The number of benzene rings is 1.